The van der Waals surface area contributed by atoms with Crippen LogP contribution in [0.2, 0.25) is 0 Å². The molecule has 10 heteroatoms. The molecule has 0 unspecified atom stereocenters. The van der Waals surface area contributed by atoms with Gasteiger partial charge in [-0.05, 0) is 26.0 Å². The second-order valence-electron chi connectivity index (χ2n) is 5.67. The summed E-state index contributed by atoms with van der Waals surface area (Å²) in [6.45, 7) is 2.09. The third kappa shape index (κ3) is 4.42. The van der Waals surface area contributed by atoms with Gasteiger partial charge in [-0.3, -0.25) is 14.9 Å². The lowest BCUT2D eigenvalue weighted by molar-refractivity contribution is -0.388. The van der Waals surface area contributed by atoms with Crippen molar-refractivity contribution in [3.8, 4) is 0 Å². The number of anilines is 1. The number of para-hydroxylation sites is 1. The predicted octanol–water partition coefficient (Wildman–Crippen LogP) is 4.06. The van der Waals surface area contributed by atoms with Gasteiger partial charge in [-0.2, -0.15) is 4.39 Å². The van der Waals surface area contributed by atoms with Gasteiger partial charge in [0.2, 0.25) is 11.6 Å². The fourth-order valence-electron chi connectivity index (χ4n) is 2.40. The molecule has 7 nitrogen and oxygen atoms in total. The summed E-state index contributed by atoms with van der Waals surface area (Å²) in [6.07, 6.45) is 0.857. The van der Waals surface area contributed by atoms with Crippen molar-refractivity contribution in [1.82, 2.24) is 0 Å². The number of rotatable bonds is 7. The summed E-state index contributed by atoms with van der Waals surface area (Å²) in [7, 11) is 0. The Kier molecular flexibility index (Phi) is 6.71. The van der Waals surface area contributed by atoms with E-state index in [1.165, 1.54) is 6.92 Å². The van der Waals surface area contributed by atoms with Gasteiger partial charge in [0.25, 0.3) is 0 Å². The molecule has 0 heterocycles. The van der Waals surface area contributed by atoms with Crippen LogP contribution in [0.1, 0.15) is 22.8 Å². The third-order valence-corrected chi connectivity index (χ3v) is 3.82. The quantitative estimate of drug-likeness (QED) is 0.108. The van der Waals surface area contributed by atoms with E-state index in [4.69, 9.17) is 4.74 Å². The van der Waals surface area contributed by atoms with Crippen molar-refractivity contribution in [2.24, 2.45) is 0 Å². The molecule has 0 radical (unpaired) electrons. The summed E-state index contributed by atoms with van der Waals surface area (Å²) in [5.74, 6) is -8.20. The van der Waals surface area contributed by atoms with Crippen molar-refractivity contribution in [3.05, 3.63) is 80.8 Å². The predicted molar refractivity (Wildman–Crippen MR) is 96.8 cm³/mol. The Bertz CT molecular complexity index is 1010. The van der Waals surface area contributed by atoms with Crippen LogP contribution in [-0.2, 0) is 9.53 Å². The van der Waals surface area contributed by atoms with Crippen molar-refractivity contribution in [2.45, 2.75) is 13.8 Å². The molecule has 0 aliphatic carbocycles. The Labute approximate surface area is 162 Å². The van der Waals surface area contributed by atoms with E-state index in [1.807, 2.05) is 0 Å². The second kappa shape index (κ2) is 9.00. The molecular formula is C19H15F3N2O5. The maximum Gasteiger partial charge on any atom is 0.343 e. The number of benzene rings is 2. The summed E-state index contributed by atoms with van der Waals surface area (Å²) < 4.78 is 47.1. The van der Waals surface area contributed by atoms with E-state index in [2.05, 4.69) is 5.32 Å². The fourth-order valence-corrected chi connectivity index (χ4v) is 2.40. The summed E-state index contributed by atoms with van der Waals surface area (Å²) in [4.78, 5) is 34.8. The molecule has 0 atom stereocenters. The van der Waals surface area contributed by atoms with Gasteiger partial charge in [-0.1, -0.05) is 18.2 Å². The van der Waals surface area contributed by atoms with Crippen molar-refractivity contribution in [3.63, 3.8) is 0 Å². The van der Waals surface area contributed by atoms with Gasteiger partial charge in [0, 0.05) is 17.5 Å². The van der Waals surface area contributed by atoms with Crippen LogP contribution in [0.5, 0.6) is 0 Å². The maximum absolute atomic E-state index is 14.6. The van der Waals surface area contributed by atoms with Gasteiger partial charge in [-0.15, -0.1) is 0 Å². The van der Waals surface area contributed by atoms with E-state index in [9.17, 15) is 32.9 Å². The number of carbonyl (C=O) groups excluding carboxylic acids is 2. The zero-order valence-electron chi connectivity index (χ0n) is 15.3. The van der Waals surface area contributed by atoms with Crippen molar-refractivity contribution in [1.29, 1.82) is 0 Å². The van der Waals surface area contributed by atoms with Crippen LogP contribution < -0.4 is 5.32 Å². The number of carbonyl (C=O) groups is 2. The van der Waals surface area contributed by atoms with E-state index in [-0.39, 0.29) is 6.61 Å². The van der Waals surface area contributed by atoms with Crippen molar-refractivity contribution < 1.29 is 32.4 Å². The van der Waals surface area contributed by atoms with E-state index < -0.39 is 56.5 Å². The molecule has 0 aliphatic rings. The Morgan fingerprint density at radius 1 is 1.14 bits per heavy atom. The second-order valence-corrected chi connectivity index (χ2v) is 5.67. The standard InChI is InChI=1S/C19H15F3N2O5/c1-3-29-19(26)12(9-23-11-7-5-4-6-8-11)18(25)13-14(20)10(2)15(21)16(22)17(13)24(27)28/h4-9,23H,3H2,1-2H3/b12-9+. The lowest BCUT2D eigenvalue weighted by Gasteiger charge is -2.11. The van der Waals surface area contributed by atoms with Gasteiger partial charge in [0.1, 0.15) is 17.0 Å². The van der Waals surface area contributed by atoms with E-state index in [0.29, 0.717) is 5.69 Å². The smallest absolute Gasteiger partial charge is 0.343 e. The molecule has 0 aromatic heterocycles. The van der Waals surface area contributed by atoms with Crippen LogP contribution in [0.4, 0.5) is 24.5 Å². The molecule has 0 amide bonds. The first-order valence-corrected chi connectivity index (χ1v) is 8.25. The van der Waals surface area contributed by atoms with Crippen LogP contribution in [0, 0.1) is 34.5 Å². The SMILES string of the molecule is CCOC(=O)/C(=C/Nc1ccccc1)C(=O)c1c(F)c(C)c(F)c(F)c1[N+](=O)[O-]. The summed E-state index contributed by atoms with van der Waals surface area (Å²) in [5.41, 5.74) is -4.41. The summed E-state index contributed by atoms with van der Waals surface area (Å²) in [6, 6.07) is 8.15. The van der Waals surface area contributed by atoms with E-state index >= 15 is 0 Å². The third-order valence-electron chi connectivity index (χ3n) is 3.82. The van der Waals surface area contributed by atoms with Crippen LogP contribution in [0.15, 0.2) is 42.1 Å². The number of hydrogen-bond donors (Lipinski definition) is 1. The molecule has 29 heavy (non-hydrogen) atoms. The zero-order valence-corrected chi connectivity index (χ0v) is 15.3. The molecule has 2 aromatic rings. The lowest BCUT2D eigenvalue weighted by atomic mass is 9.98. The van der Waals surface area contributed by atoms with Crippen LogP contribution in [-0.4, -0.2) is 23.3 Å². The average molecular weight is 408 g/mol. The van der Waals surface area contributed by atoms with Gasteiger partial charge in [0.05, 0.1) is 11.5 Å². The molecule has 0 bridgehead atoms. The average Bonchev–Trinajstić information content (AvgIpc) is 2.69. The molecule has 0 fully saturated rings. The first kappa shape index (κ1) is 21.6. The highest BCUT2D eigenvalue weighted by atomic mass is 19.2. The van der Waals surface area contributed by atoms with E-state index in [0.717, 1.165) is 13.1 Å². The highest BCUT2D eigenvalue weighted by Crippen LogP contribution is 2.32. The minimum Gasteiger partial charge on any atom is -0.462 e. The molecule has 1 N–H and O–H groups in total. The van der Waals surface area contributed by atoms with E-state index in [1.54, 1.807) is 30.3 Å². The highest BCUT2D eigenvalue weighted by Gasteiger charge is 2.37. The zero-order chi connectivity index (χ0) is 21.7. The van der Waals surface area contributed by atoms with Crippen LogP contribution in [0.25, 0.3) is 0 Å². The van der Waals surface area contributed by atoms with Crippen LogP contribution in [0.3, 0.4) is 0 Å². The van der Waals surface area contributed by atoms with Crippen molar-refractivity contribution >= 4 is 23.1 Å². The number of nitro groups is 1. The monoisotopic (exact) mass is 408 g/mol. The summed E-state index contributed by atoms with van der Waals surface area (Å²) >= 11 is 0. The lowest BCUT2D eigenvalue weighted by Crippen LogP contribution is -2.21. The topological polar surface area (TPSA) is 98.5 Å². The molecule has 2 aromatic carbocycles. The number of Topliss-reactive ketones (excluding diaryl/α,β-unsaturated/α-hetero) is 1. The summed E-state index contributed by atoms with van der Waals surface area (Å²) in [5, 5.41) is 13.8. The normalized spacial score (nSPS) is 11.1. The number of hydrogen-bond acceptors (Lipinski definition) is 6. The van der Waals surface area contributed by atoms with Crippen LogP contribution >= 0.6 is 0 Å². The number of nitrogens with zero attached hydrogens (tertiary/aromatic N) is 1. The minimum atomic E-state index is -2.00. The number of halogens is 3. The number of esters is 1. The Morgan fingerprint density at radius 2 is 1.76 bits per heavy atom. The largest absolute Gasteiger partial charge is 0.462 e. The number of nitro benzene ring substituents is 1. The Balaban J connectivity index is 2.65. The first-order valence-electron chi connectivity index (χ1n) is 8.25. The molecular weight excluding hydrogens is 393 g/mol. The fraction of sp³-hybridized carbons (Fsp3) is 0.158. The number of ketones is 1. The minimum absolute atomic E-state index is 0.157. The maximum atomic E-state index is 14.6. The van der Waals surface area contributed by atoms with Gasteiger partial charge < -0.3 is 10.1 Å². The Hall–Kier alpha value is -3.69. The first-order chi connectivity index (χ1) is 13.7. The van der Waals surface area contributed by atoms with Gasteiger partial charge in [0.15, 0.2) is 5.82 Å². The number of nitrogens with one attached hydrogen (secondary N) is 1. The molecule has 0 aliphatic heterocycles. The van der Waals surface area contributed by atoms with Gasteiger partial charge >= 0.3 is 11.7 Å². The number of ether oxygens (including phenoxy) is 1. The Morgan fingerprint density at radius 3 is 2.31 bits per heavy atom. The van der Waals surface area contributed by atoms with Crippen molar-refractivity contribution in [2.75, 3.05) is 11.9 Å². The molecule has 0 spiro atoms. The molecule has 0 saturated heterocycles. The molecule has 0 saturated carbocycles. The molecule has 2 rings (SSSR count). The molecule has 152 valence electrons. The highest BCUT2D eigenvalue weighted by molar-refractivity contribution is 6.25. The van der Waals surface area contributed by atoms with Gasteiger partial charge in [-0.25, -0.2) is 13.6 Å².